The molecule has 1 aliphatic rings. The van der Waals surface area contributed by atoms with Crippen molar-refractivity contribution < 1.29 is 27.4 Å². The molecule has 150 valence electrons. The number of hydrogen-bond donors (Lipinski definition) is 2. The number of pyridine rings is 1. The standard InChI is InChI=1S/C18H19F3N4O3/c19-18(20,21)28-15-5-3-14(4-6-15)24-17(26)23-12-13-2-1-7-22-16(13)25-8-10-27-11-9-25/h1-7H,8-12H2,(H2,23,24,26). The van der Waals surface area contributed by atoms with Crippen LogP contribution in [0.5, 0.6) is 5.75 Å². The zero-order chi connectivity index (χ0) is 20.0. The molecule has 0 unspecified atom stereocenters. The molecule has 7 nitrogen and oxygen atoms in total. The Morgan fingerprint density at radius 2 is 1.89 bits per heavy atom. The maximum Gasteiger partial charge on any atom is 0.573 e. The van der Waals surface area contributed by atoms with E-state index in [0.717, 1.165) is 36.6 Å². The molecule has 1 fully saturated rings. The first-order chi connectivity index (χ1) is 13.4. The molecule has 1 aliphatic heterocycles. The van der Waals surface area contributed by atoms with Crippen LogP contribution in [0.2, 0.25) is 0 Å². The van der Waals surface area contributed by atoms with Crippen molar-refractivity contribution in [3.05, 3.63) is 48.2 Å². The van der Waals surface area contributed by atoms with Crippen molar-refractivity contribution in [1.29, 1.82) is 0 Å². The number of carbonyl (C=O) groups excluding carboxylic acids is 1. The van der Waals surface area contributed by atoms with Gasteiger partial charge < -0.3 is 25.0 Å². The summed E-state index contributed by atoms with van der Waals surface area (Å²) in [7, 11) is 0. The number of urea groups is 1. The third-order valence-electron chi connectivity index (χ3n) is 3.96. The maximum absolute atomic E-state index is 12.2. The molecule has 1 aromatic carbocycles. The Morgan fingerprint density at radius 3 is 2.57 bits per heavy atom. The van der Waals surface area contributed by atoms with Gasteiger partial charge in [0.15, 0.2) is 0 Å². The van der Waals surface area contributed by atoms with Gasteiger partial charge in [0.1, 0.15) is 11.6 Å². The summed E-state index contributed by atoms with van der Waals surface area (Å²) in [6.07, 6.45) is -3.06. The second kappa shape index (κ2) is 8.79. The van der Waals surface area contributed by atoms with Gasteiger partial charge in [-0.15, -0.1) is 13.2 Å². The summed E-state index contributed by atoms with van der Waals surface area (Å²) in [4.78, 5) is 18.6. The molecule has 0 radical (unpaired) electrons. The van der Waals surface area contributed by atoms with Crippen LogP contribution in [0.4, 0.5) is 29.5 Å². The fourth-order valence-electron chi connectivity index (χ4n) is 2.72. The molecule has 3 rings (SSSR count). The molecule has 0 atom stereocenters. The van der Waals surface area contributed by atoms with Crippen LogP contribution in [0, 0.1) is 0 Å². The molecule has 10 heteroatoms. The first-order valence-corrected chi connectivity index (χ1v) is 8.58. The monoisotopic (exact) mass is 396 g/mol. The molecular weight excluding hydrogens is 377 g/mol. The van der Waals surface area contributed by atoms with E-state index in [1.165, 1.54) is 12.1 Å². The summed E-state index contributed by atoms with van der Waals surface area (Å²) in [6.45, 7) is 2.95. The van der Waals surface area contributed by atoms with E-state index in [4.69, 9.17) is 4.74 Å². The highest BCUT2D eigenvalue weighted by Gasteiger charge is 2.30. The van der Waals surface area contributed by atoms with E-state index in [2.05, 4.69) is 25.3 Å². The SMILES string of the molecule is O=C(NCc1cccnc1N1CCOCC1)Nc1ccc(OC(F)(F)F)cc1. The Bertz CT molecular complexity index is 793. The summed E-state index contributed by atoms with van der Waals surface area (Å²) in [6, 6.07) is 8.08. The smallest absolute Gasteiger partial charge is 0.406 e. The number of nitrogens with zero attached hydrogens (tertiary/aromatic N) is 2. The van der Waals surface area contributed by atoms with Crippen LogP contribution in [0.3, 0.4) is 0 Å². The fourth-order valence-corrected chi connectivity index (χ4v) is 2.72. The molecular formula is C18H19F3N4O3. The predicted octanol–water partition coefficient (Wildman–Crippen LogP) is 3.14. The largest absolute Gasteiger partial charge is 0.573 e. The number of alkyl halides is 3. The van der Waals surface area contributed by atoms with E-state index >= 15 is 0 Å². The van der Waals surface area contributed by atoms with Crippen LogP contribution >= 0.6 is 0 Å². The molecule has 1 saturated heterocycles. The van der Waals surface area contributed by atoms with Crippen molar-refractivity contribution in [2.45, 2.75) is 12.9 Å². The maximum atomic E-state index is 12.2. The van der Waals surface area contributed by atoms with Crippen LogP contribution in [-0.4, -0.2) is 43.7 Å². The number of nitrogens with one attached hydrogen (secondary N) is 2. The van der Waals surface area contributed by atoms with Crippen molar-refractivity contribution in [3.8, 4) is 5.75 Å². The summed E-state index contributed by atoms with van der Waals surface area (Å²) < 4.78 is 45.6. The number of halogens is 3. The third kappa shape index (κ3) is 5.74. The van der Waals surface area contributed by atoms with Crippen LogP contribution in [0.1, 0.15) is 5.56 Å². The highest BCUT2D eigenvalue weighted by atomic mass is 19.4. The quantitative estimate of drug-likeness (QED) is 0.812. The summed E-state index contributed by atoms with van der Waals surface area (Å²) in [5.74, 6) is 0.434. The predicted molar refractivity (Wildman–Crippen MR) is 96.3 cm³/mol. The number of benzene rings is 1. The van der Waals surface area contributed by atoms with E-state index in [9.17, 15) is 18.0 Å². The zero-order valence-electron chi connectivity index (χ0n) is 14.8. The molecule has 2 amide bonds. The molecule has 1 aromatic heterocycles. The number of anilines is 2. The average Bonchev–Trinajstić information content (AvgIpc) is 2.68. The van der Waals surface area contributed by atoms with Gasteiger partial charge in [-0.1, -0.05) is 6.07 Å². The minimum absolute atomic E-state index is 0.252. The molecule has 2 heterocycles. The van der Waals surface area contributed by atoms with Gasteiger partial charge in [0, 0.05) is 37.1 Å². The second-order valence-electron chi connectivity index (χ2n) is 5.97. The Morgan fingerprint density at radius 1 is 1.18 bits per heavy atom. The van der Waals surface area contributed by atoms with E-state index < -0.39 is 12.4 Å². The Kier molecular flexibility index (Phi) is 6.19. The van der Waals surface area contributed by atoms with Gasteiger partial charge in [0.25, 0.3) is 0 Å². The van der Waals surface area contributed by atoms with Crippen molar-refractivity contribution in [3.63, 3.8) is 0 Å². The zero-order valence-corrected chi connectivity index (χ0v) is 14.8. The number of hydrogen-bond acceptors (Lipinski definition) is 5. The first kappa shape index (κ1) is 19.7. The van der Waals surface area contributed by atoms with Crippen LogP contribution in [0.25, 0.3) is 0 Å². The molecule has 28 heavy (non-hydrogen) atoms. The van der Waals surface area contributed by atoms with Gasteiger partial charge in [0.2, 0.25) is 0 Å². The fraction of sp³-hybridized carbons (Fsp3) is 0.333. The molecule has 0 bridgehead atoms. The third-order valence-corrected chi connectivity index (χ3v) is 3.96. The Labute approximate surface area is 159 Å². The lowest BCUT2D eigenvalue weighted by atomic mass is 10.2. The summed E-state index contributed by atoms with van der Waals surface area (Å²) in [5, 5.41) is 5.28. The number of amides is 2. The van der Waals surface area contributed by atoms with Crippen molar-refractivity contribution in [1.82, 2.24) is 10.3 Å². The van der Waals surface area contributed by atoms with Crippen molar-refractivity contribution in [2.24, 2.45) is 0 Å². The molecule has 0 saturated carbocycles. The molecule has 2 N–H and O–H groups in total. The average molecular weight is 396 g/mol. The van der Waals surface area contributed by atoms with Gasteiger partial charge in [-0.3, -0.25) is 0 Å². The highest BCUT2D eigenvalue weighted by Crippen LogP contribution is 2.24. The van der Waals surface area contributed by atoms with Crippen molar-refractivity contribution >= 4 is 17.5 Å². The van der Waals surface area contributed by atoms with E-state index in [1.54, 1.807) is 12.3 Å². The Hall–Kier alpha value is -3.01. The number of morpholine rings is 1. The molecule has 0 spiro atoms. The van der Waals surface area contributed by atoms with Crippen LogP contribution in [0.15, 0.2) is 42.6 Å². The number of ether oxygens (including phenoxy) is 2. The lowest BCUT2D eigenvalue weighted by Gasteiger charge is -2.29. The van der Waals surface area contributed by atoms with E-state index in [1.807, 2.05) is 6.07 Å². The first-order valence-electron chi connectivity index (χ1n) is 8.58. The van der Waals surface area contributed by atoms with Gasteiger partial charge in [0.05, 0.1) is 13.2 Å². The second-order valence-corrected chi connectivity index (χ2v) is 5.97. The van der Waals surface area contributed by atoms with Crippen LogP contribution < -0.4 is 20.3 Å². The molecule has 0 aliphatic carbocycles. The van der Waals surface area contributed by atoms with Gasteiger partial charge in [-0.25, -0.2) is 9.78 Å². The van der Waals surface area contributed by atoms with Gasteiger partial charge in [-0.05, 0) is 30.3 Å². The molecule has 2 aromatic rings. The lowest BCUT2D eigenvalue weighted by Crippen LogP contribution is -2.38. The van der Waals surface area contributed by atoms with Crippen molar-refractivity contribution in [2.75, 3.05) is 36.5 Å². The number of rotatable bonds is 5. The van der Waals surface area contributed by atoms with Gasteiger partial charge >= 0.3 is 12.4 Å². The minimum atomic E-state index is -4.76. The van der Waals surface area contributed by atoms with Crippen LogP contribution in [-0.2, 0) is 11.3 Å². The lowest BCUT2D eigenvalue weighted by molar-refractivity contribution is -0.274. The Balaban J connectivity index is 1.55. The minimum Gasteiger partial charge on any atom is -0.406 e. The number of aromatic nitrogens is 1. The summed E-state index contributed by atoms with van der Waals surface area (Å²) >= 11 is 0. The van der Waals surface area contributed by atoms with E-state index in [-0.39, 0.29) is 12.3 Å². The summed E-state index contributed by atoms with van der Waals surface area (Å²) in [5.41, 5.74) is 1.19. The van der Waals surface area contributed by atoms with Gasteiger partial charge in [-0.2, -0.15) is 0 Å². The number of carbonyl (C=O) groups is 1. The highest BCUT2D eigenvalue weighted by molar-refractivity contribution is 5.89. The van der Waals surface area contributed by atoms with E-state index in [0.29, 0.717) is 18.9 Å². The normalized spacial score (nSPS) is 14.5. The topological polar surface area (TPSA) is 75.7 Å².